The summed E-state index contributed by atoms with van der Waals surface area (Å²) < 4.78 is 10.6. The van der Waals surface area contributed by atoms with E-state index < -0.39 is 5.97 Å². The van der Waals surface area contributed by atoms with Crippen LogP contribution in [0.5, 0.6) is 11.5 Å². The number of amides is 2. The molecule has 1 aliphatic heterocycles. The summed E-state index contributed by atoms with van der Waals surface area (Å²) in [4.78, 5) is 39.0. The number of rotatable bonds is 4. The fourth-order valence-electron chi connectivity index (χ4n) is 4.06. The van der Waals surface area contributed by atoms with E-state index in [0.717, 1.165) is 25.7 Å². The Morgan fingerprint density at radius 1 is 0.929 bits per heavy atom. The smallest absolute Gasteiger partial charge is 0.347 e. The highest BCUT2D eigenvalue weighted by Gasteiger charge is 2.48. The molecule has 2 fully saturated rings. The monoisotopic (exact) mass is 379 g/mol. The summed E-state index contributed by atoms with van der Waals surface area (Å²) in [7, 11) is 1.49. The lowest BCUT2D eigenvalue weighted by atomic mass is 9.81. The molecule has 28 heavy (non-hydrogen) atoms. The molecular formula is C22H21NO5. The first-order chi connectivity index (χ1) is 13.6. The molecule has 0 N–H and O–H groups in total. The van der Waals surface area contributed by atoms with Crippen molar-refractivity contribution in [1.82, 2.24) is 0 Å². The molecule has 6 nitrogen and oxygen atoms in total. The van der Waals surface area contributed by atoms with Gasteiger partial charge in [-0.2, -0.15) is 0 Å². The van der Waals surface area contributed by atoms with Crippen LogP contribution in [0.2, 0.25) is 0 Å². The molecule has 1 saturated heterocycles. The van der Waals surface area contributed by atoms with Gasteiger partial charge in [0.25, 0.3) is 0 Å². The molecule has 2 aromatic carbocycles. The van der Waals surface area contributed by atoms with Crippen LogP contribution in [0.1, 0.15) is 36.0 Å². The van der Waals surface area contributed by atoms with Gasteiger partial charge in [0.2, 0.25) is 11.8 Å². The van der Waals surface area contributed by atoms with Crippen LogP contribution in [0, 0.1) is 11.8 Å². The molecule has 2 aliphatic rings. The maximum atomic E-state index is 12.7. The Bertz CT molecular complexity index is 897. The lowest BCUT2D eigenvalue weighted by Crippen LogP contribution is -2.30. The molecule has 2 aromatic rings. The maximum absolute atomic E-state index is 12.7. The van der Waals surface area contributed by atoms with Crippen molar-refractivity contribution in [2.75, 3.05) is 12.0 Å². The largest absolute Gasteiger partial charge is 0.496 e. The highest BCUT2D eigenvalue weighted by atomic mass is 16.5. The second-order valence-corrected chi connectivity index (χ2v) is 7.09. The SMILES string of the molecule is COc1ccccc1C(=O)Oc1ccc(N2C(=O)[C@@H]3CCCC[C@H]3C2=O)cc1. The topological polar surface area (TPSA) is 72.9 Å². The first kappa shape index (κ1) is 18.2. The number of benzene rings is 2. The summed E-state index contributed by atoms with van der Waals surface area (Å²) in [5.74, 6) is -0.392. The van der Waals surface area contributed by atoms with E-state index in [0.29, 0.717) is 22.7 Å². The number of hydrogen-bond donors (Lipinski definition) is 0. The van der Waals surface area contributed by atoms with Gasteiger partial charge in [-0.25, -0.2) is 4.79 Å². The molecule has 0 unspecified atom stereocenters. The number of esters is 1. The normalized spacial score (nSPS) is 21.4. The lowest BCUT2D eigenvalue weighted by molar-refractivity contribution is -0.122. The van der Waals surface area contributed by atoms with E-state index in [1.165, 1.54) is 12.0 Å². The lowest BCUT2D eigenvalue weighted by Gasteiger charge is -2.19. The molecule has 0 radical (unpaired) electrons. The Hall–Kier alpha value is -3.15. The number of ether oxygens (including phenoxy) is 2. The molecular weight excluding hydrogens is 358 g/mol. The maximum Gasteiger partial charge on any atom is 0.347 e. The number of carbonyl (C=O) groups is 3. The van der Waals surface area contributed by atoms with E-state index in [9.17, 15) is 14.4 Å². The standard InChI is InChI=1S/C22H21NO5/c1-27-19-9-5-4-8-18(19)22(26)28-15-12-10-14(11-13-15)23-20(24)16-6-2-3-7-17(16)21(23)25/h4-5,8-13,16-17H,2-3,6-7H2,1H3/t16-,17-/m1/s1. The molecule has 6 heteroatoms. The third kappa shape index (κ3) is 3.15. The summed E-state index contributed by atoms with van der Waals surface area (Å²) in [5.41, 5.74) is 0.838. The Kier molecular flexibility index (Phi) is 4.86. The second kappa shape index (κ2) is 7.46. The number of anilines is 1. The molecule has 1 saturated carbocycles. The van der Waals surface area contributed by atoms with Crippen LogP contribution in [0.4, 0.5) is 5.69 Å². The molecule has 2 atom stereocenters. The van der Waals surface area contributed by atoms with E-state index in [1.807, 2.05) is 0 Å². The van der Waals surface area contributed by atoms with Crippen LogP contribution in [0.3, 0.4) is 0 Å². The van der Waals surface area contributed by atoms with Gasteiger partial charge in [-0.05, 0) is 49.2 Å². The number of para-hydroxylation sites is 1. The number of carbonyl (C=O) groups excluding carboxylic acids is 3. The van der Waals surface area contributed by atoms with E-state index >= 15 is 0 Å². The number of nitrogens with zero attached hydrogens (tertiary/aromatic N) is 1. The second-order valence-electron chi connectivity index (χ2n) is 7.09. The highest BCUT2D eigenvalue weighted by molar-refractivity contribution is 6.22. The van der Waals surface area contributed by atoms with Gasteiger partial charge in [-0.1, -0.05) is 25.0 Å². The molecule has 2 amide bonds. The van der Waals surface area contributed by atoms with Crippen LogP contribution >= 0.6 is 0 Å². The van der Waals surface area contributed by atoms with Crippen molar-refractivity contribution in [3.63, 3.8) is 0 Å². The summed E-state index contributed by atoms with van der Waals surface area (Å²) in [5, 5.41) is 0. The van der Waals surface area contributed by atoms with Crippen molar-refractivity contribution in [1.29, 1.82) is 0 Å². The summed E-state index contributed by atoms with van der Waals surface area (Å²) >= 11 is 0. The Morgan fingerprint density at radius 3 is 2.14 bits per heavy atom. The van der Waals surface area contributed by atoms with Gasteiger partial charge in [0.15, 0.2) is 0 Å². The molecule has 0 aromatic heterocycles. The zero-order valence-electron chi connectivity index (χ0n) is 15.6. The van der Waals surface area contributed by atoms with Gasteiger partial charge in [-0.15, -0.1) is 0 Å². The zero-order chi connectivity index (χ0) is 19.7. The van der Waals surface area contributed by atoms with Gasteiger partial charge in [0.05, 0.1) is 24.6 Å². The minimum absolute atomic E-state index is 0.117. The molecule has 0 spiro atoms. The minimum Gasteiger partial charge on any atom is -0.496 e. The Labute approximate surface area is 163 Å². The molecule has 1 heterocycles. The third-order valence-corrected chi connectivity index (χ3v) is 5.47. The predicted molar refractivity (Wildman–Crippen MR) is 102 cm³/mol. The molecule has 0 bridgehead atoms. The number of methoxy groups -OCH3 is 1. The van der Waals surface area contributed by atoms with Crippen LogP contribution < -0.4 is 14.4 Å². The number of hydrogen-bond acceptors (Lipinski definition) is 5. The number of imide groups is 1. The summed E-state index contributed by atoms with van der Waals surface area (Å²) in [6, 6.07) is 13.3. The van der Waals surface area contributed by atoms with E-state index in [1.54, 1.807) is 48.5 Å². The summed E-state index contributed by atoms with van der Waals surface area (Å²) in [6.45, 7) is 0. The van der Waals surface area contributed by atoms with E-state index in [-0.39, 0.29) is 23.7 Å². The van der Waals surface area contributed by atoms with E-state index in [2.05, 4.69) is 0 Å². The Balaban J connectivity index is 1.51. The Morgan fingerprint density at radius 2 is 1.54 bits per heavy atom. The molecule has 4 rings (SSSR count). The van der Waals surface area contributed by atoms with Crippen molar-refractivity contribution in [2.24, 2.45) is 11.8 Å². The van der Waals surface area contributed by atoms with E-state index in [4.69, 9.17) is 9.47 Å². The van der Waals surface area contributed by atoms with Crippen molar-refractivity contribution >= 4 is 23.5 Å². The van der Waals surface area contributed by atoms with Gasteiger partial charge < -0.3 is 9.47 Å². The van der Waals surface area contributed by atoms with Gasteiger partial charge in [-0.3, -0.25) is 14.5 Å². The zero-order valence-corrected chi connectivity index (χ0v) is 15.6. The fraction of sp³-hybridized carbons (Fsp3) is 0.318. The highest BCUT2D eigenvalue weighted by Crippen LogP contribution is 2.40. The molecule has 1 aliphatic carbocycles. The van der Waals surface area contributed by atoms with Gasteiger partial charge in [0.1, 0.15) is 17.1 Å². The molecule has 144 valence electrons. The number of fused-ring (bicyclic) bond motifs is 1. The minimum atomic E-state index is -0.537. The van der Waals surface area contributed by atoms with Crippen molar-refractivity contribution < 1.29 is 23.9 Å². The predicted octanol–water partition coefficient (Wildman–Crippen LogP) is 3.59. The van der Waals surface area contributed by atoms with Crippen LogP contribution in [-0.2, 0) is 9.59 Å². The average Bonchev–Trinajstić information content (AvgIpc) is 2.99. The van der Waals surface area contributed by atoms with Crippen molar-refractivity contribution in [2.45, 2.75) is 25.7 Å². The fourth-order valence-corrected chi connectivity index (χ4v) is 4.06. The first-order valence-corrected chi connectivity index (χ1v) is 9.43. The van der Waals surface area contributed by atoms with Crippen LogP contribution in [0.15, 0.2) is 48.5 Å². The van der Waals surface area contributed by atoms with Crippen molar-refractivity contribution in [3.8, 4) is 11.5 Å². The average molecular weight is 379 g/mol. The van der Waals surface area contributed by atoms with Gasteiger partial charge >= 0.3 is 5.97 Å². The van der Waals surface area contributed by atoms with Crippen molar-refractivity contribution in [3.05, 3.63) is 54.1 Å². The quantitative estimate of drug-likeness (QED) is 0.461. The summed E-state index contributed by atoms with van der Waals surface area (Å²) in [6.07, 6.45) is 3.54. The van der Waals surface area contributed by atoms with Gasteiger partial charge in [0, 0.05) is 0 Å². The van der Waals surface area contributed by atoms with Crippen LogP contribution in [0.25, 0.3) is 0 Å². The first-order valence-electron chi connectivity index (χ1n) is 9.43. The third-order valence-electron chi connectivity index (χ3n) is 5.47. The van der Waals surface area contributed by atoms with Crippen LogP contribution in [-0.4, -0.2) is 24.9 Å².